The molecule has 0 saturated carbocycles. The number of amides is 1. The molecule has 1 atom stereocenters. The van der Waals surface area contributed by atoms with E-state index >= 15 is 0 Å². The second-order valence-corrected chi connectivity index (χ2v) is 9.99. The molecule has 7 nitrogen and oxygen atoms in total. The van der Waals surface area contributed by atoms with Gasteiger partial charge >= 0.3 is 0 Å². The van der Waals surface area contributed by atoms with Gasteiger partial charge in [0.2, 0.25) is 5.88 Å². The molecule has 0 bridgehead atoms. The second kappa shape index (κ2) is 10.0. The molecule has 9 heteroatoms. The molecule has 33 heavy (non-hydrogen) atoms. The van der Waals surface area contributed by atoms with Crippen molar-refractivity contribution in [3.63, 3.8) is 0 Å². The van der Waals surface area contributed by atoms with Crippen LogP contribution < -0.4 is 10.1 Å². The molecule has 172 valence electrons. The van der Waals surface area contributed by atoms with Crippen molar-refractivity contribution in [2.45, 2.75) is 38.8 Å². The van der Waals surface area contributed by atoms with E-state index in [1.165, 1.54) is 19.3 Å². The fourth-order valence-corrected chi connectivity index (χ4v) is 5.85. The maximum atomic E-state index is 12.6. The Balaban J connectivity index is 1.39. The van der Waals surface area contributed by atoms with Crippen LogP contribution in [0.2, 0.25) is 0 Å². The highest BCUT2D eigenvalue weighted by Crippen LogP contribution is 2.40. The van der Waals surface area contributed by atoms with Gasteiger partial charge < -0.3 is 14.5 Å². The normalized spacial score (nSPS) is 15.5. The van der Waals surface area contributed by atoms with Gasteiger partial charge in [-0.3, -0.25) is 9.69 Å². The Kier molecular flexibility index (Phi) is 6.70. The number of thiophene rings is 2. The minimum atomic E-state index is -0.237. The van der Waals surface area contributed by atoms with Crippen LogP contribution >= 0.6 is 22.7 Å². The highest BCUT2D eigenvalue weighted by Gasteiger charge is 2.20. The van der Waals surface area contributed by atoms with Crippen molar-refractivity contribution in [3.8, 4) is 16.3 Å². The molecule has 1 N–H and O–H groups in total. The fourth-order valence-electron chi connectivity index (χ4n) is 4.08. The largest absolute Gasteiger partial charge is 0.467 e. The van der Waals surface area contributed by atoms with Gasteiger partial charge in [-0.25, -0.2) is 4.98 Å². The maximum absolute atomic E-state index is 12.6. The topological polar surface area (TPSA) is 80.5 Å². The average Bonchev–Trinajstić information content (AvgIpc) is 3.59. The van der Waals surface area contributed by atoms with E-state index in [1.807, 2.05) is 19.1 Å². The van der Waals surface area contributed by atoms with Crippen LogP contribution in [0.3, 0.4) is 0 Å². The van der Waals surface area contributed by atoms with Crippen LogP contribution in [-0.4, -0.2) is 40.5 Å². The number of rotatable bonds is 8. The Morgan fingerprint density at radius 1 is 1.21 bits per heavy atom. The van der Waals surface area contributed by atoms with E-state index in [4.69, 9.17) is 19.1 Å². The van der Waals surface area contributed by atoms with Gasteiger partial charge in [-0.1, -0.05) is 12.5 Å². The lowest BCUT2D eigenvalue weighted by Crippen LogP contribution is -2.31. The van der Waals surface area contributed by atoms with Crippen LogP contribution in [0.5, 0.6) is 5.88 Å². The van der Waals surface area contributed by atoms with Crippen LogP contribution in [0.15, 0.2) is 45.7 Å². The number of fused-ring (bicyclic) bond motifs is 1. The van der Waals surface area contributed by atoms with E-state index in [0.717, 1.165) is 39.6 Å². The minimum absolute atomic E-state index is 0.125. The Hall–Kier alpha value is -2.75. The van der Waals surface area contributed by atoms with Crippen molar-refractivity contribution in [1.29, 1.82) is 0 Å². The highest BCUT2D eigenvalue weighted by molar-refractivity contribution is 7.18. The standard InChI is InChI=1S/C24H26N4O3S2/c1-16(18-7-5-11-30-18)25-21(29)14-31-23-22-17(19-8-6-12-32-19)15-33-24(22)27-20(26-23)13-28-9-3-2-4-10-28/h5-8,11-12,15-16H,2-4,9-10,13-14H2,1H3,(H,25,29)/t16-/m0/s1. The van der Waals surface area contributed by atoms with Crippen molar-refractivity contribution in [2.24, 2.45) is 0 Å². The van der Waals surface area contributed by atoms with Crippen LogP contribution in [0.25, 0.3) is 20.7 Å². The predicted molar refractivity (Wildman–Crippen MR) is 131 cm³/mol. The zero-order valence-electron chi connectivity index (χ0n) is 18.5. The van der Waals surface area contributed by atoms with E-state index in [-0.39, 0.29) is 18.6 Å². The van der Waals surface area contributed by atoms with Crippen molar-refractivity contribution in [3.05, 3.63) is 52.9 Å². The van der Waals surface area contributed by atoms with Gasteiger partial charge in [0.1, 0.15) is 16.4 Å². The molecule has 1 fully saturated rings. The van der Waals surface area contributed by atoms with Crippen molar-refractivity contribution in [1.82, 2.24) is 20.2 Å². The lowest BCUT2D eigenvalue weighted by atomic mass is 10.1. The average molecular weight is 483 g/mol. The smallest absolute Gasteiger partial charge is 0.258 e. The fraction of sp³-hybridized carbons (Fsp3) is 0.375. The van der Waals surface area contributed by atoms with Crippen molar-refractivity contribution < 1.29 is 13.9 Å². The molecule has 0 aliphatic carbocycles. The first-order valence-electron chi connectivity index (χ1n) is 11.2. The predicted octanol–water partition coefficient (Wildman–Crippen LogP) is 5.25. The first kappa shape index (κ1) is 22.1. The van der Waals surface area contributed by atoms with E-state index in [9.17, 15) is 4.79 Å². The number of ether oxygens (including phenoxy) is 1. The van der Waals surface area contributed by atoms with Crippen LogP contribution in [0, 0.1) is 0 Å². The minimum Gasteiger partial charge on any atom is -0.467 e. The van der Waals surface area contributed by atoms with Gasteiger partial charge in [0.05, 0.1) is 24.2 Å². The molecule has 0 unspecified atom stereocenters. The second-order valence-electron chi connectivity index (χ2n) is 8.18. The number of likely N-dealkylation sites (tertiary alicyclic amines) is 1. The summed E-state index contributed by atoms with van der Waals surface area (Å²) in [7, 11) is 0. The third-order valence-corrected chi connectivity index (χ3v) is 7.51. The molecule has 1 amide bonds. The summed E-state index contributed by atoms with van der Waals surface area (Å²) in [5.41, 5.74) is 1.05. The number of piperidine rings is 1. The van der Waals surface area contributed by atoms with Gasteiger partial charge in [0.25, 0.3) is 5.91 Å². The number of hydrogen-bond donors (Lipinski definition) is 1. The van der Waals surface area contributed by atoms with Crippen LogP contribution in [0.1, 0.15) is 43.8 Å². The lowest BCUT2D eigenvalue weighted by Gasteiger charge is -2.25. The van der Waals surface area contributed by atoms with Crippen LogP contribution in [-0.2, 0) is 11.3 Å². The third-order valence-electron chi connectivity index (χ3n) is 5.73. The highest BCUT2D eigenvalue weighted by atomic mass is 32.1. The summed E-state index contributed by atoms with van der Waals surface area (Å²) in [5.74, 6) is 1.69. The Morgan fingerprint density at radius 2 is 2.09 bits per heavy atom. The molecule has 1 aliphatic rings. The van der Waals surface area contributed by atoms with Gasteiger partial charge in [0.15, 0.2) is 6.61 Å². The van der Waals surface area contributed by atoms with Gasteiger partial charge in [-0.15, -0.1) is 22.7 Å². The number of carbonyl (C=O) groups is 1. The molecule has 4 aromatic heterocycles. The molecule has 0 radical (unpaired) electrons. The van der Waals surface area contributed by atoms with Crippen LogP contribution in [0.4, 0.5) is 0 Å². The number of carbonyl (C=O) groups excluding carboxylic acids is 1. The summed E-state index contributed by atoms with van der Waals surface area (Å²) in [4.78, 5) is 26.6. The van der Waals surface area contributed by atoms with Gasteiger partial charge in [0, 0.05) is 15.8 Å². The molecule has 4 aromatic rings. The number of nitrogens with one attached hydrogen (secondary N) is 1. The van der Waals surface area contributed by atoms with E-state index < -0.39 is 0 Å². The molecular weight excluding hydrogens is 456 g/mol. The molecule has 1 aliphatic heterocycles. The summed E-state index contributed by atoms with van der Waals surface area (Å²) >= 11 is 3.26. The number of nitrogens with zero attached hydrogens (tertiary/aromatic N) is 3. The molecule has 0 spiro atoms. The Labute approximate surface area is 200 Å². The Bertz CT molecular complexity index is 1200. The maximum Gasteiger partial charge on any atom is 0.258 e. The Morgan fingerprint density at radius 3 is 2.85 bits per heavy atom. The first-order chi connectivity index (χ1) is 16.2. The third kappa shape index (κ3) is 5.10. The number of furan rings is 1. The van der Waals surface area contributed by atoms with Gasteiger partial charge in [-0.2, -0.15) is 4.98 Å². The number of hydrogen-bond acceptors (Lipinski definition) is 8. The van der Waals surface area contributed by atoms with E-state index in [0.29, 0.717) is 18.2 Å². The quantitative estimate of drug-likeness (QED) is 0.369. The molecule has 1 saturated heterocycles. The summed E-state index contributed by atoms with van der Waals surface area (Å²) in [6, 6.07) is 7.51. The summed E-state index contributed by atoms with van der Waals surface area (Å²) in [6.07, 6.45) is 5.30. The lowest BCUT2D eigenvalue weighted by molar-refractivity contribution is -0.123. The molecule has 0 aromatic carbocycles. The van der Waals surface area contributed by atoms with E-state index in [1.54, 1.807) is 35.0 Å². The molecule has 5 heterocycles. The summed E-state index contributed by atoms with van der Waals surface area (Å²) in [6.45, 7) is 4.58. The monoisotopic (exact) mass is 482 g/mol. The zero-order valence-corrected chi connectivity index (χ0v) is 20.1. The summed E-state index contributed by atoms with van der Waals surface area (Å²) < 4.78 is 11.4. The molecular formula is C24H26N4O3S2. The zero-order chi connectivity index (χ0) is 22.6. The van der Waals surface area contributed by atoms with Crippen molar-refractivity contribution >= 4 is 38.8 Å². The number of aromatic nitrogens is 2. The van der Waals surface area contributed by atoms with Gasteiger partial charge in [-0.05, 0) is 56.4 Å². The molecule has 5 rings (SSSR count). The first-order valence-corrected chi connectivity index (χ1v) is 12.9. The summed E-state index contributed by atoms with van der Waals surface area (Å²) in [5, 5.41) is 7.93. The van der Waals surface area contributed by atoms with E-state index in [2.05, 4.69) is 27.0 Å². The SMILES string of the molecule is C[C@H](NC(=O)COc1nc(CN2CCCCC2)nc2scc(-c3cccs3)c12)c1ccco1. The van der Waals surface area contributed by atoms with Crippen molar-refractivity contribution in [2.75, 3.05) is 19.7 Å².